The van der Waals surface area contributed by atoms with Gasteiger partial charge in [-0.05, 0) is 26.2 Å². The van der Waals surface area contributed by atoms with Gasteiger partial charge in [0.1, 0.15) is 0 Å². The Morgan fingerprint density at radius 1 is 1.53 bits per heavy atom. The van der Waals surface area contributed by atoms with Gasteiger partial charge in [0.15, 0.2) is 0 Å². The van der Waals surface area contributed by atoms with Crippen molar-refractivity contribution in [2.75, 3.05) is 6.61 Å². The lowest BCUT2D eigenvalue weighted by molar-refractivity contribution is -0.138. The summed E-state index contributed by atoms with van der Waals surface area (Å²) >= 11 is 0. The van der Waals surface area contributed by atoms with Crippen molar-refractivity contribution in [1.29, 1.82) is 0 Å². The van der Waals surface area contributed by atoms with Gasteiger partial charge in [-0.1, -0.05) is 27.2 Å². The zero-order chi connectivity index (χ0) is 14.5. The Morgan fingerprint density at radius 2 is 2.21 bits per heavy atom. The molecule has 3 unspecified atom stereocenters. The fraction of sp³-hybridized carbons (Fsp3) is 0.933. The smallest absolute Gasteiger partial charge is 0.220 e. The van der Waals surface area contributed by atoms with Crippen molar-refractivity contribution in [2.45, 2.75) is 78.0 Å². The molecule has 3 N–H and O–H groups in total. The summed E-state index contributed by atoms with van der Waals surface area (Å²) in [5.41, 5.74) is 5.70. The molecule has 0 spiro atoms. The van der Waals surface area contributed by atoms with Gasteiger partial charge in [0, 0.05) is 30.5 Å². The van der Waals surface area contributed by atoms with Gasteiger partial charge in [-0.2, -0.15) is 0 Å². The van der Waals surface area contributed by atoms with Gasteiger partial charge >= 0.3 is 0 Å². The van der Waals surface area contributed by atoms with E-state index < -0.39 is 0 Å². The highest BCUT2D eigenvalue weighted by Crippen LogP contribution is 2.42. The van der Waals surface area contributed by atoms with E-state index in [0.29, 0.717) is 6.42 Å². The maximum atomic E-state index is 11.8. The number of ether oxygens (including phenoxy) is 1. The van der Waals surface area contributed by atoms with Crippen molar-refractivity contribution >= 4 is 5.91 Å². The second-order valence-corrected chi connectivity index (χ2v) is 6.41. The average Bonchev–Trinajstić information content (AvgIpc) is 2.34. The molecule has 0 bridgehead atoms. The Bertz CT molecular complexity index is 290. The largest absolute Gasteiger partial charge is 0.378 e. The van der Waals surface area contributed by atoms with Crippen molar-refractivity contribution in [2.24, 2.45) is 11.1 Å². The Hall–Kier alpha value is -0.610. The molecule has 0 aromatic heterocycles. The highest BCUT2D eigenvalue weighted by Gasteiger charge is 2.49. The fourth-order valence-electron chi connectivity index (χ4n) is 2.41. The van der Waals surface area contributed by atoms with E-state index in [0.717, 1.165) is 32.3 Å². The van der Waals surface area contributed by atoms with E-state index in [1.54, 1.807) is 0 Å². The van der Waals surface area contributed by atoms with Crippen LogP contribution in [0.15, 0.2) is 0 Å². The minimum Gasteiger partial charge on any atom is -0.378 e. The maximum absolute atomic E-state index is 11.8. The highest BCUT2D eigenvalue weighted by molar-refractivity contribution is 5.76. The Labute approximate surface area is 117 Å². The zero-order valence-electron chi connectivity index (χ0n) is 12.9. The summed E-state index contributed by atoms with van der Waals surface area (Å²) in [4.78, 5) is 11.8. The van der Waals surface area contributed by atoms with Gasteiger partial charge in [-0.15, -0.1) is 0 Å². The first-order chi connectivity index (χ1) is 8.87. The van der Waals surface area contributed by atoms with E-state index >= 15 is 0 Å². The molecule has 1 fully saturated rings. The van der Waals surface area contributed by atoms with E-state index in [9.17, 15) is 4.79 Å². The summed E-state index contributed by atoms with van der Waals surface area (Å²) in [5.74, 6) is 0.113. The third-order valence-electron chi connectivity index (χ3n) is 4.16. The topological polar surface area (TPSA) is 64.3 Å². The molecule has 4 nitrogen and oxygen atoms in total. The lowest BCUT2D eigenvalue weighted by Gasteiger charge is -2.51. The first-order valence-corrected chi connectivity index (χ1v) is 7.54. The second kappa shape index (κ2) is 7.25. The maximum Gasteiger partial charge on any atom is 0.220 e. The molecule has 0 saturated heterocycles. The van der Waals surface area contributed by atoms with Gasteiger partial charge in [0.25, 0.3) is 0 Å². The molecule has 1 saturated carbocycles. The number of nitrogens with two attached hydrogens (primary N) is 1. The van der Waals surface area contributed by atoms with E-state index in [-0.39, 0.29) is 29.5 Å². The molecule has 0 radical (unpaired) electrons. The van der Waals surface area contributed by atoms with E-state index in [4.69, 9.17) is 10.5 Å². The van der Waals surface area contributed by atoms with Crippen LogP contribution in [0.1, 0.15) is 59.8 Å². The molecular formula is C15H30N2O2. The van der Waals surface area contributed by atoms with E-state index in [2.05, 4.69) is 26.1 Å². The minimum atomic E-state index is 0.0394. The molecule has 0 aromatic rings. The average molecular weight is 270 g/mol. The number of amides is 1. The molecule has 1 aliphatic rings. The van der Waals surface area contributed by atoms with E-state index in [1.165, 1.54) is 0 Å². The molecule has 1 amide bonds. The molecule has 1 rings (SSSR count). The molecular weight excluding hydrogens is 240 g/mol. The summed E-state index contributed by atoms with van der Waals surface area (Å²) in [6, 6.07) is 0.324. The standard InChI is InChI=1S/C15H30N2O2/c1-5-6-9-19-13-10-12(15(13,3)4)17-14(18)8-7-11(2)16/h11-13H,5-10,16H2,1-4H3,(H,17,18). The van der Waals surface area contributed by atoms with E-state index in [1.807, 2.05) is 6.92 Å². The van der Waals surface area contributed by atoms with Crippen molar-refractivity contribution < 1.29 is 9.53 Å². The molecule has 112 valence electrons. The minimum absolute atomic E-state index is 0.0394. The molecule has 3 atom stereocenters. The highest BCUT2D eigenvalue weighted by atomic mass is 16.5. The fourth-order valence-corrected chi connectivity index (χ4v) is 2.41. The third kappa shape index (κ3) is 4.77. The van der Waals surface area contributed by atoms with Crippen LogP contribution >= 0.6 is 0 Å². The van der Waals surface area contributed by atoms with Gasteiger partial charge in [0.05, 0.1) is 6.10 Å². The molecule has 0 aromatic carbocycles. The summed E-state index contributed by atoms with van der Waals surface area (Å²) in [6.07, 6.45) is 4.74. The normalized spacial score (nSPS) is 26.6. The van der Waals surface area contributed by atoms with Crippen LogP contribution in [0.4, 0.5) is 0 Å². The van der Waals surface area contributed by atoms with Gasteiger partial charge in [-0.25, -0.2) is 0 Å². The van der Waals surface area contributed by atoms with Crippen molar-refractivity contribution in [3.63, 3.8) is 0 Å². The zero-order valence-corrected chi connectivity index (χ0v) is 12.9. The van der Waals surface area contributed by atoms with Crippen LogP contribution in [0, 0.1) is 5.41 Å². The number of rotatable bonds is 8. The predicted octanol–water partition coefficient (Wildman–Crippen LogP) is 2.21. The Balaban J connectivity index is 2.28. The quantitative estimate of drug-likeness (QED) is 0.665. The van der Waals surface area contributed by atoms with Gasteiger partial charge in [-0.3, -0.25) is 4.79 Å². The third-order valence-corrected chi connectivity index (χ3v) is 4.16. The van der Waals surface area contributed by atoms with Crippen molar-refractivity contribution in [3.8, 4) is 0 Å². The number of unbranched alkanes of at least 4 members (excludes halogenated alkanes) is 1. The second-order valence-electron chi connectivity index (χ2n) is 6.41. The summed E-state index contributed by atoms with van der Waals surface area (Å²) < 4.78 is 5.87. The Morgan fingerprint density at radius 3 is 2.74 bits per heavy atom. The monoisotopic (exact) mass is 270 g/mol. The van der Waals surface area contributed by atoms with Crippen LogP contribution in [0.2, 0.25) is 0 Å². The number of hydrogen-bond donors (Lipinski definition) is 2. The summed E-state index contributed by atoms with van der Waals surface area (Å²) in [6.45, 7) is 9.26. The lowest BCUT2D eigenvalue weighted by atomic mass is 9.64. The lowest BCUT2D eigenvalue weighted by Crippen LogP contribution is -2.62. The van der Waals surface area contributed by atoms with Gasteiger partial charge < -0.3 is 15.8 Å². The number of hydrogen-bond acceptors (Lipinski definition) is 3. The van der Waals surface area contributed by atoms with Crippen LogP contribution in [0.3, 0.4) is 0 Å². The van der Waals surface area contributed by atoms with Crippen LogP contribution in [0.25, 0.3) is 0 Å². The Kier molecular flexibility index (Phi) is 6.27. The molecule has 19 heavy (non-hydrogen) atoms. The van der Waals surface area contributed by atoms with Crippen LogP contribution in [-0.4, -0.2) is 30.7 Å². The predicted molar refractivity (Wildman–Crippen MR) is 77.9 cm³/mol. The first kappa shape index (κ1) is 16.4. The number of carbonyl (C=O) groups excluding carboxylic acids is 1. The SMILES string of the molecule is CCCCOC1CC(NC(=O)CCC(C)N)C1(C)C. The van der Waals surface area contributed by atoms with Crippen LogP contribution < -0.4 is 11.1 Å². The molecule has 4 heteroatoms. The van der Waals surface area contributed by atoms with Crippen LogP contribution in [0.5, 0.6) is 0 Å². The van der Waals surface area contributed by atoms with Crippen LogP contribution in [-0.2, 0) is 9.53 Å². The first-order valence-electron chi connectivity index (χ1n) is 7.54. The van der Waals surface area contributed by atoms with Crippen molar-refractivity contribution in [3.05, 3.63) is 0 Å². The van der Waals surface area contributed by atoms with Crippen molar-refractivity contribution in [1.82, 2.24) is 5.32 Å². The molecule has 0 aliphatic heterocycles. The summed E-state index contributed by atoms with van der Waals surface area (Å²) in [5, 5.41) is 3.11. The number of carbonyl (C=O) groups is 1. The summed E-state index contributed by atoms with van der Waals surface area (Å²) in [7, 11) is 0. The van der Waals surface area contributed by atoms with Gasteiger partial charge in [0.2, 0.25) is 5.91 Å². The number of nitrogens with one attached hydrogen (secondary N) is 1. The molecule has 0 heterocycles. The molecule has 1 aliphatic carbocycles.